The quantitative estimate of drug-likeness (QED) is 0.831. The van der Waals surface area contributed by atoms with E-state index in [0.29, 0.717) is 28.0 Å². The molecule has 0 saturated carbocycles. The third kappa shape index (κ3) is 2.77. The normalized spacial score (nSPS) is 17.9. The number of amides is 3. The predicted octanol–water partition coefficient (Wildman–Crippen LogP) is 1.28. The van der Waals surface area contributed by atoms with Gasteiger partial charge in [0.25, 0.3) is 5.91 Å². The summed E-state index contributed by atoms with van der Waals surface area (Å²) in [5, 5.41) is 5.49. The highest BCUT2D eigenvalue weighted by molar-refractivity contribution is 6.09. The van der Waals surface area contributed by atoms with Crippen LogP contribution in [0.5, 0.6) is 5.75 Å². The fourth-order valence-corrected chi connectivity index (χ4v) is 2.67. The molecule has 3 rings (SSSR count). The predicted molar refractivity (Wildman–Crippen MR) is 81.1 cm³/mol. The number of furan rings is 1. The highest BCUT2D eigenvalue weighted by Gasteiger charge is 2.29. The molecule has 7 heteroatoms. The van der Waals surface area contributed by atoms with Crippen molar-refractivity contribution in [1.82, 2.24) is 10.6 Å². The van der Waals surface area contributed by atoms with Crippen LogP contribution in [0.25, 0.3) is 11.0 Å². The average molecular weight is 316 g/mol. The zero-order chi connectivity index (χ0) is 16.6. The van der Waals surface area contributed by atoms with Crippen LogP contribution in [-0.4, -0.2) is 30.9 Å². The maximum absolute atomic E-state index is 12.6. The van der Waals surface area contributed by atoms with E-state index in [0.717, 1.165) is 0 Å². The van der Waals surface area contributed by atoms with Crippen molar-refractivity contribution in [2.24, 2.45) is 0 Å². The van der Waals surface area contributed by atoms with Crippen molar-refractivity contribution in [1.29, 1.82) is 0 Å². The standard InChI is InChI=1S/C16H16N2O5/c1-8-14(10-7-9(22-2)3-5-12(10)23-8)16(21)17-11-4-6-13(19)18-15(11)20/h3,5,7,11H,4,6H2,1-2H3,(H,17,21)(H,18,19,20). The van der Waals surface area contributed by atoms with Crippen molar-refractivity contribution in [2.45, 2.75) is 25.8 Å². The van der Waals surface area contributed by atoms with E-state index in [1.165, 1.54) is 7.11 Å². The van der Waals surface area contributed by atoms with Gasteiger partial charge in [-0.05, 0) is 31.5 Å². The van der Waals surface area contributed by atoms with Crippen LogP contribution in [0, 0.1) is 6.92 Å². The molecule has 0 radical (unpaired) electrons. The molecule has 1 aliphatic heterocycles. The highest BCUT2D eigenvalue weighted by Crippen LogP contribution is 2.29. The van der Waals surface area contributed by atoms with Gasteiger partial charge in [-0.1, -0.05) is 0 Å². The zero-order valence-electron chi connectivity index (χ0n) is 12.8. The molecular weight excluding hydrogens is 300 g/mol. The van der Waals surface area contributed by atoms with Gasteiger partial charge in [0, 0.05) is 11.8 Å². The molecule has 7 nitrogen and oxygen atoms in total. The summed E-state index contributed by atoms with van der Waals surface area (Å²) >= 11 is 0. The minimum Gasteiger partial charge on any atom is -0.497 e. The summed E-state index contributed by atoms with van der Waals surface area (Å²) in [6, 6.07) is 4.46. The lowest BCUT2D eigenvalue weighted by Crippen LogP contribution is -2.52. The fourth-order valence-electron chi connectivity index (χ4n) is 2.67. The first-order valence-electron chi connectivity index (χ1n) is 7.21. The third-order valence-corrected chi connectivity index (χ3v) is 3.84. The molecule has 1 atom stereocenters. The van der Waals surface area contributed by atoms with Crippen LogP contribution in [0.3, 0.4) is 0 Å². The topological polar surface area (TPSA) is 97.6 Å². The summed E-state index contributed by atoms with van der Waals surface area (Å²) in [4.78, 5) is 35.5. The van der Waals surface area contributed by atoms with Crippen LogP contribution < -0.4 is 15.4 Å². The Hall–Kier alpha value is -2.83. The SMILES string of the molecule is COc1ccc2oc(C)c(C(=O)NC3CCC(=O)NC3=O)c2c1. The summed E-state index contributed by atoms with van der Waals surface area (Å²) in [6.45, 7) is 1.69. The van der Waals surface area contributed by atoms with Crippen molar-refractivity contribution in [2.75, 3.05) is 7.11 Å². The number of methoxy groups -OCH3 is 1. The van der Waals surface area contributed by atoms with E-state index in [9.17, 15) is 14.4 Å². The number of benzene rings is 1. The molecule has 1 aromatic carbocycles. The molecular formula is C16H16N2O5. The smallest absolute Gasteiger partial charge is 0.256 e. The molecule has 0 spiro atoms. The number of hydrogen-bond donors (Lipinski definition) is 2. The second-order valence-corrected chi connectivity index (χ2v) is 5.37. The maximum Gasteiger partial charge on any atom is 0.256 e. The Balaban J connectivity index is 1.90. The number of rotatable bonds is 3. The van der Waals surface area contributed by atoms with E-state index < -0.39 is 17.9 Å². The molecule has 1 unspecified atom stereocenters. The third-order valence-electron chi connectivity index (χ3n) is 3.84. The second kappa shape index (κ2) is 5.75. The summed E-state index contributed by atoms with van der Waals surface area (Å²) < 4.78 is 10.8. The van der Waals surface area contributed by atoms with Crippen LogP contribution in [0.15, 0.2) is 22.6 Å². The number of ether oxygens (including phenoxy) is 1. The summed E-state index contributed by atoms with van der Waals surface area (Å²) in [6.07, 6.45) is 0.490. The van der Waals surface area contributed by atoms with Crippen LogP contribution in [-0.2, 0) is 9.59 Å². The van der Waals surface area contributed by atoms with Gasteiger partial charge in [-0.25, -0.2) is 0 Å². The molecule has 2 heterocycles. The number of aryl methyl sites for hydroxylation is 1. The summed E-state index contributed by atoms with van der Waals surface area (Å²) in [5.74, 6) is -0.164. The van der Waals surface area contributed by atoms with E-state index in [1.807, 2.05) is 0 Å². The van der Waals surface area contributed by atoms with Gasteiger partial charge in [0.2, 0.25) is 11.8 Å². The molecule has 23 heavy (non-hydrogen) atoms. The van der Waals surface area contributed by atoms with Crippen molar-refractivity contribution in [3.8, 4) is 5.75 Å². The van der Waals surface area contributed by atoms with Crippen LogP contribution in [0.2, 0.25) is 0 Å². The van der Waals surface area contributed by atoms with Gasteiger partial charge in [0.15, 0.2) is 0 Å². The molecule has 2 N–H and O–H groups in total. The number of carbonyl (C=O) groups is 3. The number of carbonyl (C=O) groups excluding carboxylic acids is 3. The molecule has 1 fully saturated rings. The lowest BCUT2D eigenvalue weighted by Gasteiger charge is -2.21. The zero-order valence-corrected chi connectivity index (χ0v) is 12.8. The Morgan fingerprint density at radius 3 is 2.87 bits per heavy atom. The molecule has 1 aliphatic rings. The lowest BCUT2D eigenvalue weighted by molar-refractivity contribution is -0.134. The Labute approximate surface area is 132 Å². The molecule has 1 saturated heterocycles. The number of hydrogen-bond acceptors (Lipinski definition) is 5. The molecule has 3 amide bonds. The largest absolute Gasteiger partial charge is 0.497 e. The summed E-state index contributed by atoms with van der Waals surface area (Å²) in [5.41, 5.74) is 0.931. The second-order valence-electron chi connectivity index (χ2n) is 5.37. The molecule has 120 valence electrons. The van der Waals surface area contributed by atoms with E-state index >= 15 is 0 Å². The van der Waals surface area contributed by atoms with Gasteiger partial charge >= 0.3 is 0 Å². The number of piperidine rings is 1. The van der Waals surface area contributed by atoms with E-state index in [1.54, 1.807) is 25.1 Å². The van der Waals surface area contributed by atoms with Gasteiger partial charge in [0.05, 0.1) is 12.7 Å². The molecule has 0 aliphatic carbocycles. The van der Waals surface area contributed by atoms with E-state index in [4.69, 9.17) is 9.15 Å². The van der Waals surface area contributed by atoms with Crippen molar-refractivity contribution >= 4 is 28.7 Å². The first-order valence-corrected chi connectivity index (χ1v) is 7.21. The van der Waals surface area contributed by atoms with Gasteiger partial charge < -0.3 is 14.5 Å². The first-order chi connectivity index (χ1) is 11.0. The van der Waals surface area contributed by atoms with E-state index in [2.05, 4.69) is 10.6 Å². The molecule has 2 aromatic rings. The van der Waals surface area contributed by atoms with Gasteiger partial charge in [0.1, 0.15) is 23.1 Å². The van der Waals surface area contributed by atoms with Crippen molar-refractivity contribution in [3.63, 3.8) is 0 Å². The number of nitrogens with one attached hydrogen (secondary N) is 2. The Kier molecular flexibility index (Phi) is 3.77. The monoisotopic (exact) mass is 316 g/mol. The minimum absolute atomic E-state index is 0.204. The Bertz CT molecular complexity index is 808. The summed E-state index contributed by atoms with van der Waals surface area (Å²) in [7, 11) is 1.54. The van der Waals surface area contributed by atoms with Gasteiger partial charge in [-0.3, -0.25) is 19.7 Å². The van der Waals surface area contributed by atoms with Gasteiger partial charge in [-0.2, -0.15) is 0 Å². The molecule has 0 bridgehead atoms. The number of imide groups is 1. The Morgan fingerprint density at radius 1 is 1.39 bits per heavy atom. The Morgan fingerprint density at radius 2 is 2.17 bits per heavy atom. The fraction of sp³-hybridized carbons (Fsp3) is 0.312. The van der Waals surface area contributed by atoms with Gasteiger partial charge in [-0.15, -0.1) is 0 Å². The van der Waals surface area contributed by atoms with E-state index in [-0.39, 0.29) is 18.7 Å². The maximum atomic E-state index is 12.6. The highest BCUT2D eigenvalue weighted by atomic mass is 16.5. The lowest BCUT2D eigenvalue weighted by atomic mass is 10.0. The van der Waals surface area contributed by atoms with Crippen LogP contribution in [0.1, 0.15) is 29.0 Å². The first kappa shape index (κ1) is 15.1. The van der Waals surface area contributed by atoms with Crippen LogP contribution in [0.4, 0.5) is 0 Å². The van der Waals surface area contributed by atoms with Crippen molar-refractivity contribution in [3.05, 3.63) is 29.5 Å². The minimum atomic E-state index is -0.727. The number of fused-ring (bicyclic) bond motifs is 1. The van der Waals surface area contributed by atoms with Crippen molar-refractivity contribution < 1.29 is 23.5 Å². The van der Waals surface area contributed by atoms with Crippen LogP contribution >= 0.6 is 0 Å². The molecule has 1 aromatic heterocycles. The average Bonchev–Trinajstić information content (AvgIpc) is 2.84.